The molecule has 2 aromatic rings. The summed E-state index contributed by atoms with van der Waals surface area (Å²) in [5.74, 6) is 0.863. The molecule has 0 N–H and O–H groups in total. The third-order valence-electron chi connectivity index (χ3n) is 4.04. The number of likely N-dealkylation sites (tertiary alicyclic amines) is 1. The fourth-order valence-corrected chi connectivity index (χ4v) is 3.12. The van der Waals surface area contributed by atoms with Gasteiger partial charge in [-0.15, -0.1) is 11.6 Å². The van der Waals surface area contributed by atoms with Crippen molar-refractivity contribution in [1.82, 2.24) is 19.4 Å². The molecule has 5 nitrogen and oxygen atoms in total. The quantitative estimate of drug-likeness (QED) is 0.819. The van der Waals surface area contributed by atoms with E-state index in [1.807, 2.05) is 29.4 Å². The molecule has 0 aromatic carbocycles. The van der Waals surface area contributed by atoms with Crippen molar-refractivity contribution >= 4 is 28.5 Å². The molecule has 21 heavy (non-hydrogen) atoms. The average molecular weight is 307 g/mol. The number of pyridine rings is 1. The van der Waals surface area contributed by atoms with Crippen LogP contribution in [0.4, 0.5) is 0 Å². The van der Waals surface area contributed by atoms with Gasteiger partial charge in [-0.2, -0.15) is 0 Å². The van der Waals surface area contributed by atoms with Crippen LogP contribution in [-0.4, -0.2) is 38.4 Å². The smallest absolute Gasteiger partial charge is 0.245 e. The minimum absolute atomic E-state index is 0.141. The number of alkyl halides is 1. The van der Waals surface area contributed by atoms with Crippen molar-refractivity contribution in [3.63, 3.8) is 0 Å². The predicted octanol–water partition coefficient (Wildman–Crippen LogP) is 2.91. The van der Waals surface area contributed by atoms with Gasteiger partial charge in [0.25, 0.3) is 0 Å². The van der Waals surface area contributed by atoms with Crippen LogP contribution in [0.3, 0.4) is 0 Å². The number of carbonyl (C=O) groups is 1. The van der Waals surface area contributed by atoms with E-state index in [-0.39, 0.29) is 17.3 Å². The van der Waals surface area contributed by atoms with Crippen molar-refractivity contribution in [3.8, 4) is 0 Å². The lowest BCUT2D eigenvalue weighted by molar-refractivity contribution is -0.133. The van der Waals surface area contributed by atoms with Gasteiger partial charge >= 0.3 is 0 Å². The number of hydrogen-bond donors (Lipinski definition) is 0. The highest BCUT2D eigenvalue weighted by Crippen LogP contribution is 2.29. The van der Waals surface area contributed by atoms with Crippen LogP contribution in [0.15, 0.2) is 18.5 Å². The van der Waals surface area contributed by atoms with Gasteiger partial charge in [0.15, 0.2) is 0 Å². The number of amides is 1. The van der Waals surface area contributed by atoms with Gasteiger partial charge in [-0.05, 0) is 32.8 Å². The molecule has 1 amide bonds. The maximum atomic E-state index is 12.7. The lowest BCUT2D eigenvalue weighted by Crippen LogP contribution is -2.34. The molecule has 0 radical (unpaired) electrons. The zero-order valence-electron chi connectivity index (χ0n) is 12.3. The standard InChI is InChI=1S/C15H19ClN4O/c1-10(16)14-18-12-9-17-6-5-13(12)20(14)11(2)15(21)19-7-3-4-8-19/h5-6,9-11H,3-4,7-8H2,1-2H3. The first-order valence-electron chi connectivity index (χ1n) is 7.34. The van der Waals surface area contributed by atoms with E-state index in [9.17, 15) is 4.79 Å². The number of hydrogen-bond acceptors (Lipinski definition) is 3. The van der Waals surface area contributed by atoms with Crippen LogP contribution < -0.4 is 0 Å². The number of carbonyl (C=O) groups excluding carboxylic acids is 1. The number of aromatic nitrogens is 3. The summed E-state index contributed by atoms with van der Waals surface area (Å²) in [6, 6.07) is 1.59. The number of halogens is 1. The van der Waals surface area contributed by atoms with Crippen LogP contribution in [-0.2, 0) is 4.79 Å². The number of rotatable bonds is 3. The Labute approximate surface area is 128 Å². The molecule has 1 saturated heterocycles. The van der Waals surface area contributed by atoms with E-state index < -0.39 is 0 Å². The van der Waals surface area contributed by atoms with E-state index in [1.165, 1.54) is 0 Å². The fraction of sp³-hybridized carbons (Fsp3) is 0.533. The van der Waals surface area contributed by atoms with Gasteiger partial charge in [0.2, 0.25) is 5.91 Å². The maximum Gasteiger partial charge on any atom is 0.245 e. The van der Waals surface area contributed by atoms with E-state index in [2.05, 4.69) is 9.97 Å². The zero-order chi connectivity index (χ0) is 15.0. The Kier molecular flexibility index (Phi) is 3.85. The summed E-state index contributed by atoms with van der Waals surface area (Å²) in [6.45, 7) is 5.50. The van der Waals surface area contributed by atoms with Gasteiger partial charge in [-0.3, -0.25) is 9.78 Å². The summed E-state index contributed by atoms with van der Waals surface area (Å²) in [4.78, 5) is 23.2. The Balaban J connectivity index is 2.05. The molecule has 112 valence electrons. The highest BCUT2D eigenvalue weighted by molar-refractivity contribution is 6.20. The van der Waals surface area contributed by atoms with Crippen molar-refractivity contribution in [1.29, 1.82) is 0 Å². The van der Waals surface area contributed by atoms with Crippen LogP contribution >= 0.6 is 11.6 Å². The van der Waals surface area contributed by atoms with E-state index in [0.717, 1.165) is 42.8 Å². The third kappa shape index (κ3) is 2.50. The van der Waals surface area contributed by atoms with Crippen molar-refractivity contribution < 1.29 is 4.79 Å². The van der Waals surface area contributed by atoms with E-state index in [4.69, 9.17) is 11.6 Å². The summed E-state index contributed by atoms with van der Waals surface area (Å²) in [5.41, 5.74) is 1.69. The molecule has 3 heterocycles. The van der Waals surface area contributed by atoms with Crippen molar-refractivity contribution in [2.24, 2.45) is 0 Å². The summed E-state index contributed by atoms with van der Waals surface area (Å²) < 4.78 is 1.95. The van der Waals surface area contributed by atoms with Crippen molar-refractivity contribution in [2.45, 2.75) is 38.1 Å². The van der Waals surface area contributed by atoms with E-state index in [1.54, 1.807) is 12.4 Å². The molecule has 3 rings (SSSR count). The van der Waals surface area contributed by atoms with Crippen LogP contribution in [0.25, 0.3) is 11.0 Å². The minimum atomic E-state index is -0.299. The first-order chi connectivity index (χ1) is 10.1. The van der Waals surface area contributed by atoms with Gasteiger partial charge in [0.05, 0.1) is 17.1 Å². The average Bonchev–Trinajstić information content (AvgIpc) is 3.12. The summed E-state index contributed by atoms with van der Waals surface area (Å²) in [7, 11) is 0. The molecule has 6 heteroatoms. The Morgan fingerprint density at radius 1 is 1.33 bits per heavy atom. The molecular formula is C15H19ClN4O. The molecule has 2 atom stereocenters. The van der Waals surface area contributed by atoms with Gasteiger partial charge < -0.3 is 9.47 Å². The van der Waals surface area contributed by atoms with Crippen LogP contribution in [0.2, 0.25) is 0 Å². The Hall–Kier alpha value is -1.62. The summed E-state index contributed by atoms with van der Waals surface area (Å²) >= 11 is 6.26. The van der Waals surface area contributed by atoms with Gasteiger partial charge in [-0.25, -0.2) is 4.98 Å². The largest absolute Gasteiger partial charge is 0.341 e. The normalized spacial score (nSPS) is 18.1. The second kappa shape index (κ2) is 5.64. The third-order valence-corrected chi connectivity index (χ3v) is 4.23. The van der Waals surface area contributed by atoms with E-state index in [0.29, 0.717) is 0 Å². The van der Waals surface area contributed by atoms with Gasteiger partial charge in [-0.1, -0.05) is 0 Å². The summed E-state index contributed by atoms with van der Waals surface area (Å²) in [6.07, 6.45) is 5.61. The second-order valence-corrected chi connectivity index (χ2v) is 6.18. The molecule has 0 bridgehead atoms. The number of imidazole rings is 1. The molecular weight excluding hydrogens is 288 g/mol. The summed E-state index contributed by atoms with van der Waals surface area (Å²) in [5, 5.41) is -0.258. The molecule has 0 spiro atoms. The molecule has 1 aliphatic heterocycles. The number of fused-ring (bicyclic) bond motifs is 1. The highest BCUT2D eigenvalue weighted by Gasteiger charge is 2.28. The topological polar surface area (TPSA) is 51.0 Å². The minimum Gasteiger partial charge on any atom is -0.341 e. The first-order valence-corrected chi connectivity index (χ1v) is 7.78. The van der Waals surface area contributed by atoms with E-state index >= 15 is 0 Å². The molecule has 1 aliphatic rings. The molecule has 2 aromatic heterocycles. The fourth-order valence-electron chi connectivity index (χ4n) is 2.97. The van der Waals surface area contributed by atoms with Gasteiger partial charge in [0, 0.05) is 19.3 Å². The zero-order valence-corrected chi connectivity index (χ0v) is 13.0. The van der Waals surface area contributed by atoms with Crippen molar-refractivity contribution in [3.05, 3.63) is 24.3 Å². The number of nitrogens with zero attached hydrogens (tertiary/aromatic N) is 4. The maximum absolute atomic E-state index is 12.7. The first kappa shape index (κ1) is 14.3. The lowest BCUT2D eigenvalue weighted by Gasteiger charge is -2.23. The van der Waals surface area contributed by atoms with Crippen LogP contribution in [0.5, 0.6) is 0 Å². The molecule has 0 saturated carbocycles. The Morgan fingerprint density at radius 3 is 2.71 bits per heavy atom. The monoisotopic (exact) mass is 306 g/mol. The SMILES string of the molecule is CC(Cl)c1nc2cnccc2n1C(C)C(=O)N1CCCC1. The van der Waals surface area contributed by atoms with Crippen molar-refractivity contribution in [2.75, 3.05) is 13.1 Å². The van der Waals surface area contributed by atoms with Crippen LogP contribution in [0.1, 0.15) is 43.9 Å². The Morgan fingerprint density at radius 2 is 2.05 bits per heavy atom. The molecule has 1 fully saturated rings. The highest BCUT2D eigenvalue weighted by atomic mass is 35.5. The second-order valence-electron chi connectivity index (χ2n) is 5.53. The predicted molar refractivity (Wildman–Crippen MR) is 82.3 cm³/mol. The Bertz CT molecular complexity index is 661. The lowest BCUT2D eigenvalue weighted by atomic mass is 10.2. The molecule has 0 aliphatic carbocycles. The molecule has 2 unspecified atom stereocenters. The van der Waals surface area contributed by atoms with Gasteiger partial charge in [0.1, 0.15) is 17.4 Å². The van der Waals surface area contributed by atoms with Crippen LogP contribution in [0, 0.1) is 0 Å².